The fraction of sp³-hybridized carbons (Fsp3) is 0.312. The molecule has 1 aromatic heterocycles. The second-order valence-corrected chi connectivity index (χ2v) is 5.69. The van der Waals surface area contributed by atoms with E-state index in [0.717, 1.165) is 22.4 Å². The van der Waals surface area contributed by atoms with Crippen LogP contribution in [0.2, 0.25) is 0 Å². The van der Waals surface area contributed by atoms with Gasteiger partial charge in [0.2, 0.25) is 0 Å². The standard InChI is InChI=1S/C16H19NO4S/c1-5-12-13(14(15(17)22-12)16(18)21-4)10-8-9(19-2)6-7-11(10)20-3/h6-8H,5,17H2,1-4H3. The SMILES string of the molecule is CCc1sc(N)c(C(=O)OC)c1-c1cc(OC)ccc1OC. The van der Waals surface area contributed by atoms with Crippen LogP contribution in [-0.4, -0.2) is 27.3 Å². The van der Waals surface area contributed by atoms with Gasteiger partial charge in [0.15, 0.2) is 0 Å². The number of methoxy groups -OCH3 is 3. The monoisotopic (exact) mass is 321 g/mol. The van der Waals surface area contributed by atoms with Gasteiger partial charge in [0.05, 0.1) is 21.3 Å². The average molecular weight is 321 g/mol. The Morgan fingerprint density at radius 3 is 2.50 bits per heavy atom. The van der Waals surface area contributed by atoms with Gasteiger partial charge in [0.25, 0.3) is 0 Å². The van der Waals surface area contributed by atoms with Crippen molar-refractivity contribution in [3.63, 3.8) is 0 Å². The Bertz CT molecular complexity index is 694. The smallest absolute Gasteiger partial charge is 0.341 e. The quantitative estimate of drug-likeness (QED) is 0.855. The molecule has 2 aromatic rings. The van der Waals surface area contributed by atoms with Gasteiger partial charge in [-0.1, -0.05) is 6.92 Å². The number of hydrogen-bond acceptors (Lipinski definition) is 6. The van der Waals surface area contributed by atoms with E-state index in [-0.39, 0.29) is 0 Å². The fourth-order valence-electron chi connectivity index (χ4n) is 2.35. The van der Waals surface area contributed by atoms with E-state index in [2.05, 4.69) is 0 Å². The molecule has 0 aliphatic heterocycles. The lowest BCUT2D eigenvalue weighted by Gasteiger charge is -2.12. The first-order valence-electron chi connectivity index (χ1n) is 6.79. The Kier molecular flexibility index (Phi) is 4.92. The Morgan fingerprint density at radius 2 is 1.95 bits per heavy atom. The second kappa shape index (κ2) is 6.70. The zero-order chi connectivity index (χ0) is 16.3. The molecule has 22 heavy (non-hydrogen) atoms. The molecule has 0 atom stereocenters. The second-order valence-electron chi connectivity index (χ2n) is 4.55. The first-order valence-corrected chi connectivity index (χ1v) is 7.60. The van der Waals surface area contributed by atoms with E-state index >= 15 is 0 Å². The number of nitrogen functional groups attached to an aromatic ring is 1. The number of carbonyl (C=O) groups is 1. The van der Waals surface area contributed by atoms with E-state index in [0.29, 0.717) is 22.1 Å². The minimum absolute atomic E-state index is 0.385. The molecule has 0 fully saturated rings. The third kappa shape index (κ3) is 2.74. The van der Waals surface area contributed by atoms with E-state index in [4.69, 9.17) is 19.9 Å². The van der Waals surface area contributed by atoms with Crippen molar-refractivity contribution in [2.75, 3.05) is 27.1 Å². The van der Waals surface area contributed by atoms with Crippen LogP contribution in [0.1, 0.15) is 22.2 Å². The predicted octanol–water partition coefficient (Wildman–Crippen LogP) is 3.36. The lowest BCUT2D eigenvalue weighted by Crippen LogP contribution is -2.05. The molecule has 0 radical (unpaired) electrons. The number of benzene rings is 1. The molecule has 118 valence electrons. The maximum Gasteiger partial charge on any atom is 0.341 e. The summed E-state index contributed by atoms with van der Waals surface area (Å²) in [6, 6.07) is 5.45. The summed E-state index contributed by atoms with van der Waals surface area (Å²) in [7, 11) is 4.53. The summed E-state index contributed by atoms with van der Waals surface area (Å²) in [6.45, 7) is 2.02. The van der Waals surface area contributed by atoms with Gasteiger partial charge in [-0.3, -0.25) is 0 Å². The van der Waals surface area contributed by atoms with Crippen molar-refractivity contribution in [3.05, 3.63) is 28.6 Å². The molecule has 0 saturated heterocycles. The Morgan fingerprint density at radius 1 is 1.23 bits per heavy atom. The summed E-state index contributed by atoms with van der Waals surface area (Å²) in [6.07, 6.45) is 0.752. The maximum atomic E-state index is 12.1. The number of esters is 1. The zero-order valence-electron chi connectivity index (χ0n) is 13.1. The third-order valence-corrected chi connectivity index (χ3v) is 4.56. The van der Waals surface area contributed by atoms with Crippen LogP contribution < -0.4 is 15.2 Å². The molecule has 0 unspecified atom stereocenters. The molecular weight excluding hydrogens is 302 g/mol. The van der Waals surface area contributed by atoms with Crippen LogP contribution in [0.15, 0.2) is 18.2 Å². The van der Waals surface area contributed by atoms with Gasteiger partial charge < -0.3 is 19.9 Å². The number of rotatable bonds is 5. The molecule has 0 aliphatic carbocycles. The fourth-order valence-corrected chi connectivity index (χ4v) is 3.36. The van der Waals surface area contributed by atoms with Gasteiger partial charge in [-0.25, -0.2) is 4.79 Å². The molecule has 0 spiro atoms. The van der Waals surface area contributed by atoms with E-state index in [1.807, 2.05) is 25.1 Å². The molecule has 0 saturated carbocycles. The molecule has 0 amide bonds. The highest BCUT2D eigenvalue weighted by atomic mass is 32.1. The number of carbonyl (C=O) groups excluding carboxylic acids is 1. The summed E-state index contributed by atoms with van der Waals surface area (Å²) in [5, 5.41) is 0.448. The number of thiophene rings is 1. The normalized spacial score (nSPS) is 10.4. The molecule has 0 aliphatic rings. The molecule has 5 nitrogen and oxygen atoms in total. The van der Waals surface area contributed by atoms with Gasteiger partial charge in [-0.2, -0.15) is 0 Å². The van der Waals surface area contributed by atoms with Crippen LogP contribution in [0.25, 0.3) is 11.1 Å². The Hall–Kier alpha value is -2.21. The topological polar surface area (TPSA) is 70.8 Å². The highest BCUT2D eigenvalue weighted by molar-refractivity contribution is 7.17. The van der Waals surface area contributed by atoms with E-state index in [9.17, 15) is 4.79 Å². The predicted molar refractivity (Wildman–Crippen MR) is 88.0 cm³/mol. The van der Waals surface area contributed by atoms with Crippen molar-refractivity contribution in [2.45, 2.75) is 13.3 Å². The van der Waals surface area contributed by atoms with Crippen LogP contribution in [-0.2, 0) is 11.2 Å². The van der Waals surface area contributed by atoms with Crippen LogP contribution >= 0.6 is 11.3 Å². The molecule has 2 N–H and O–H groups in total. The average Bonchev–Trinajstić information content (AvgIpc) is 2.89. The van der Waals surface area contributed by atoms with Crippen molar-refractivity contribution in [3.8, 4) is 22.6 Å². The van der Waals surface area contributed by atoms with E-state index in [1.165, 1.54) is 18.4 Å². The summed E-state index contributed by atoms with van der Waals surface area (Å²) < 4.78 is 15.6. The number of hydrogen-bond donors (Lipinski definition) is 1. The number of ether oxygens (including phenoxy) is 3. The summed E-state index contributed by atoms with van der Waals surface area (Å²) >= 11 is 1.39. The van der Waals surface area contributed by atoms with Crippen molar-refractivity contribution in [2.24, 2.45) is 0 Å². The number of aryl methyl sites for hydroxylation is 1. The van der Waals surface area contributed by atoms with Crippen LogP contribution in [0.3, 0.4) is 0 Å². The molecule has 6 heteroatoms. The first-order chi connectivity index (χ1) is 10.6. The lowest BCUT2D eigenvalue weighted by atomic mass is 9.99. The van der Waals surface area contributed by atoms with Crippen LogP contribution in [0, 0.1) is 0 Å². The molecular formula is C16H19NO4S. The lowest BCUT2D eigenvalue weighted by molar-refractivity contribution is 0.0603. The van der Waals surface area contributed by atoms with Crippen molar-refractivity contribution >= 4 is 22.3 Å². The van der Waals surface area contributed by atoms with Crippen LogP contribution in [0.4, 0.5) is 5.00 Å². The molecule has 1 heterocycles. The first kappa shape index (κ1) is 16.2. The zero-order valence-corrected chi connectivity index (χ0v) is 13.9. The van der Waals surface area contributed by atoms with Crippen LogP contribution in [0.5, 0.6) is 11.5 Å². The molecule has 0 bridgehead atoms. The summed E-state index contributed by atoms with van der Waals surface area (Å²) in [4.78, 5) is 13.1. The van der Waals surface area contributed by atoms with Crippen molar-refractivity contribution in [1.29, 1.82) is 0 Å². The van der Waals surface area contributed by atoms with E-state index in [1.54, 1.807) is 14.2 Å². The Labute approximate surface area is 133 Å². The van der Waals surface area contributed by atoms with Crippen molar-refractivity contribution in [1.82, 2.24) is 0 Å². The Balaban J connectivity index is 2.78. The minimum atomic E-state index is -0.451. The van der Waals surface area contributed by atoms with E-state index < -0.39 is 5.97 Å². The minimum Gasteiger partial charge on any atom is -0.497 e. The number of anilines is 1. The third-order valence-electron chi connectivity index (χ3n) is 3.40. The molecule has 2 rings (SSSR count). The van der Waals surface area contributed by atoms with Gasteiger partial charge in [-0.15, -0.1) is 11.3 Å². The van der Waals surface area contributed by atoms with Gasteiger partial charge in [0.1, 0.15) is 22.1 Å². The highest BCUT2D eigenvalue weighted by Crippen LogP contribution is 2.44. The van der Waals surface area contributed by atoms with Gasteiger partial charge in [-0.05, 0) is 24.6 Å². The van der Waals surface area contributed by atoms with Gasteiger partial charge in [0, 0.05) is 16.0 Å². The maximum absolute atomic E-state index is 12.1. The summed E-state index contributed by atoms with van der Waals surface area (Å²) in [5.74, 6) is 0.880. The van der Waals surface area contributed by atoms with Gasteiger partial charge >= 0.3 is 5.97 Å². The molecule has 1 aromatic carbocycles. The largest absolute Gasteiger partial charge is 0.497 e. The van der Waals surface area contributed by atoms with Crippen molar-refractivity contribution < 1.29 is 19.0 Å². The summed E-state index contributed by atoms with van der Waals surface area (Å²) in [5.41, 5.74) is 7.95. The number of nitrogens with two attached hydrogens (primary N) is 1. The highest BCUT2D eigenvalue weighted by Gasteiger charge is 2.25.